The lowest BCUT2D eigenvalue weighted by atomic mass is 10.1. The maximum atomic E-state index is 13.4. The minimum atomic E-state index is -0.370. The number of benzene rings is 2. The highest BCUT2D eigenvalue weighted by molar-refractivity contribution is 5.94. The van der Waals surface area contributed by atoms with Crippen molar-refractivity contribution in [3.05, 3.63) is 58.1 Å². The van der Waals surface area contributed by atoms with Gasteiger partial charge in [-0.15, -0.1) is 0 Å². The number of aromatic nitrogens is 2. The summed E-state index contributed by atoms with van der Waals surface area (Å²) < 4.78 is 26.2. The number of fused-ring (bicyclic) bond motifs is 2. The van der Waals surface area contributed by atoms with Gasteiger partial charge in [0.2, 0.25) is 5.95 Å². The van der Waals surface area contributed by atoms with E-state index in [1.54, 1.807) is 21.6 Å². The number of halogens is 1. The Morgan fingerprint density at radius 1 is 1.03 bits per heavy atom. The molecule has 2 aliphatic heterocycles. The second-order valence-corrected chi connectivity index (χ2v) is 8.17. The second kappa shape index (κ2) is 8.73. The topological polar surface area (TPSA) is 76.9 Å². The molecule has 0 atom stereocenters. The summed E-state index contributed by atoms with van der Waals surface area (Å²) in [5, 5.41) is 0.501. The molecule has 8 nitrogen and oxygen atoms in total. The fourth-order valence-corrected chi connectivity index (χ4v) is 4.30. The standard InChI is InChI=1S/C24H25FN4O4/c1-2-7-29-23(31)18-14-20-21(33-13-12-32-20)15-19(18)26-24(29)28-10-8-27(9-11-28)22(30)16-3-5-17(25)6-4-16/h3-6,14-15H,2,7-13H2,1H3. The number of ether oxygens (including phenoxy) is 2. The lowest BCUT2D eigenvalue weighted by molar-refractivity contribution is 0.0746. The van der Waals surface area contributed by atoms with Gasteiger partial charge >= 0.3 is 0 Å². The Morgan fingerprint density at radius 3 is 2.36 bits per heavy atom. The smallest absolute Gasteiger partial charge is 0.262 e. The number of carbonyl (C=O) groups excluding carboxylic acids is 1. The zero-order chi connectivity index (χ0) is 22.9. The van der Waals surface area contributed by atoms with Gasteiger partial charge in [0, 0.05) is 44.4 Å². The number of hydrogen-bond acceptors (Lipinski definition) is 6. The van der Waals surface area contributed by atoms with Crippen LogP contribution in [0.1, 0.15) is 23.7 Å². The number of hydrogen-bond donors (Lipinski definition) is 0. The van der Waals surface area contributed by atoms with Gasteiger partial charge in [-0.05, 0) is 36.8 Å². The Morgan fingerprint density at radius 2 is 1.70 bits per heavy atom. The van der Waals surface area contributed by atoms with Crippen LogP contribution in [0.5, 0.6) is 11.5 Å². The van der Waals surface area contributed by atoms with Gasteiger partial charge in [-0.25, -0.2) is 9.37 Å². The first-order chi connectivity index (χ1) is 16.0. The molecule has 0 spiro atoms. The summed E-state index contributed by atoms with van der Waals surface area (Å²) in [6, 6.07) is 9.06. The van der Waals surface area contributed by atoms with Crippen molar-refractivity contribution in [2.24, 2.45) is 0 Å². The Bertz CT molecular complexity index is 1250. The van der Waals surface area contributed by atoms with Crippen molar-refractivity contribution in [3.8, 4) is 11.5 Å². The van der Waals surface area contributed by atoms with Crippen LogP contribution in [0.15, 0.2) is 41.2 Å². The molecular weight excluding hydrogens is 427 g/mol. The van der Waals surface area contributed by atoms with E-state index in [0.29, 0.717) is 79.9 Å². The van der Waals surface area contributed by atoms with Gasteiger partial charge in [0.25, 0.3) is 11.5 Å². The van der Waals surface area contributed by atoms with Gasteiger partial charge in [0.1, 0.15) is 19.0 Å². The van der Waals surface area contributed by atoms with Crippen LogP contribution in [-0.4, -0.2) is 59.8 Å². The lowest BCUT2D eigenvalue weighted by Gasteiger charge is -2.36. The molecule has 1 amide bonds. The zero-order valence-corrected chi connectivity index (χ0v) is 18.4. The van der Waals surface area contributed by atoms with Crippen LogP contribution in [0.2, 0.25) is 0 Å². The quantitative estimate of drug-likeness (QED) is 0.606. The summed E-state index contributed by atoms with van der Waals surface area (Å²) in [4.78, 5) is 34.8. The Kier molecular flexibility index (Phi) is 5.62. The molecule has 0 unspecified atom stereocenters. The predicted octanol–water partition coefficient (Wildman–Crippen LogP) is 2.68. The molecule has 172 valence electrons. The normalized spacial score (nSPS) is 15.7. The second-order valence-electron chi connectivity index (χ2n) is 8.17. The molecular formula is C24H25FN4O4. The van der Waals surface area contributed by atoms with Crippen LogP contribution in [0.4, 0.5) is 10.3 Å². The SMILES string of the molecule is CCCn1c(N2CCN(C(=O)c3ccc(F)cc3)CC2)nc2cc3c(cc2c1=O)OCCO3. The molecule has 1 saturated heterocycles. The van der Waals surface area contributed by atoms with Crippen molar-refractivity contribution in [2.75, 3.05) is 44.3 Å². The van der Waals surface area contributed by atoms with Crippen LogP contribution in [0, 0.1) is 5.82 Å². The highest BCUT2D eigenvalue weighted by Crippen LogP contribution is 2.33. The molecule has 33 heavy (non-hydrogen) atoms. The Balaban J connectivity index is 1.43. The molecule has 2 aromatic carbocycles. The average Bonchev–Trinajstić information content (AvgIpc) is 2.85. The van der Waals surface area contributed by atoms with E-state index in [-0.39, 0.29) is 17.3 Å². The van der Waals surface area contributed by atoms with Crippen LogP contribution >= 0.6 is 0 Å². The van der Waals surface area contributed by atoms with E-state index in [1.165, 1.54) is 24.3 Å². The van der Waals surface area contributed by atoms with E-state index in [2.05, 4.69) is 0 Å². The van der Waals surface area contributed by atoms with E-state index in [0.717, 1.165) is 6.42 Å². The zero-order valence-electron chi connectivity index (χ0n) is 18.4. The van der Waals surface area contributed by atoms with Crippen molar-refractivity contribution >= 4 is 22.8 Å². The number of amides is 1. The first-order valence-corrected chi connectivity index (χ1v) is 11.2. The molecule has 9 heteroatoms. The van der Waals surface area contributed by atoms with Gasteiger partial charge in [0.05, 0.1) is 10.9 Å². The van der Waals surface area contributed by atoms with Gasteiger partial charge in [-0.1, -0.05) is 6.92 Å². The number of anilines is 1. The first kappa shape index (κ1) is 21.2. The summed E-state index contributed by atoms with van der Waals surface area (Å²) in [6.45, 7) is 5.52. The lowest BCUT2D eigenvalue weighted by Crippen LogP contribution is -2.50. The van der Waals surface area contributed by atoms with E-state index >= 15 is 0 Å². The van der Waals surface area contributed by atoms with Gasteiger partial charge in [-0.3, -0.25) is 14.2 Å². The molecule has 5 rings (SSSR count). The third-order valence-electron chi connectivity index (χ3n) is 5.99. The minimum Gasteiger partial charge on any atom is -0.486 e. The summed E-state index contributed by atoms with van der Waals surface area (Å²) >= 11 is 0. The fraction of sp³-hybridized carbons (Fsp3) is 0.375. The molecule has 3 aromatic rings. The average molecular weight is 452 g/mol. The van der Waals surface area contributed by atoms with Crippen molar-refractivity contribution in [3.63, 3.8) is 0 Å². The maximum Gasteiger partial charge on any atom is 0.262 e. The number of carbonyl (C=O) groups is 1. The molecule has 0 bridgehead atoms. The Labute approximate surface area is 190 Å². The third kappa shape index (κ3) is 3.99. The van der Waals surface area contributed by atoms with Crippen LogP contribution in [0.3, 0.4) is 0 Å². The molecule has 0 aliphatic carbocycles. The molecule has 0 radical (unpaired) electrons. The van der Waals surface area contributed by atoms with Crippen molar-refractivity contribution in [1.29, 1.82) is 0 Å². The van der Waals surface area contributed by atoms with Crippen molar-refractivity contribution in [2.45, 2.75) is 19.9 Å². The molecule has 0 N–H and O–H groups in total. The van der Waals surface area contributed by atoms with Gasteiger partial charge in [0.15, 0.2) is 11.5 Å². The van der Waals surface area contributed by atoms with Crippen LogP contribution < -0.4 is 19.9 Å². The van der Waals surface area contributed by atoms with E-state index in [4.69, 9.17) is 14.5 Å². The maximum absolute atomic E-state index is 13.4. The summed E-state index contributed by atoms with van der Waals surface area (Å²) in [5.74, 6) is 1.26. The van der Waals surface area contributed by atoms with Gasteiger partial charge < -0.3 is 19.3 Å². The van der Waals surface area contributed by atoms with Crippen molar-refractivity contribution in [1.82, 2.24) is 14.5 Å². The fourth-order valence-electron chi connectivity index (χ4n) is 4.30. The third-order valence-corrected chi connectivity index (χ3v) is 5.99. The Hall–Kier alpha value is -3.62. The van der Waals surface area contributed by atoms with Crippen LogP contribution in [-0.2, 0) is 6.54 Å². The van der Waals surface area contributed by atoms with Gasteiger partial charge in [-0.2, -0.15) is 0 Å². The molecule has 2 aliphatic rings. The predicted molar refractivity (Wildman–Crippen MR) is 122 cm³/mol. The van der Waals surface area contributed by atoms with Crippen LogP contribution in [0.25, 0.3) is 10.9 Å². The highest BCUT2D eigenvalue weighted by atomic mass is 19.1. The number of nitrogens with zero attached hydrogens (tertiary/aromatic N) is 4. The summed E-state index contributed by atoms with van der Waals surface area (Å²) in [6.07, 6.45) is 0.785. The molecule has 0 saturated carbocycles. The molecule has 1 aromatic heterocycles. The largest absolute Gasteiger partial charge is 0.486 e. The minimum absolute atomic E-state index is 0.112. The molecule has 1 fully saturated rings. The number of piperazine rings is 1. The van der Waals surface area contributed by atoms with Crippen molar-refractivity contribution < 1.29 is 18.7 Å². The van der Waals surface area contributed by atoms with E-state index < -0.39 is 0 Å². The van der Waals surface area contributed by atoms with E-state index in [1.807, 2.05) is 11.8 Å². The van der Waals surface area contributed by atoms with E-state index in [9.17, 15) is 14.0 Å². The molecule has 3 heterocycles. The summed E-state index contributed by atoms with van der Waals surface area (Å²) in [5.41, 5.74) is 0.915. The summed E-state index contributed by atoms with van der Waals surface area (Å²) in [7, 11) is 0. The highest BCUT2D eigenvalue weighted by Gasteiger charge is 2.26. The number of rotatable bonds is 4. The first-order valence-electron chi connectivity index (χ1n) is 11.2. The monoisotopic (exact) mass is 452 g/mol.